The van der Waals surface area contributed by atoms with Gasteiger partial charge in [-0.05, 0) is 42.3 Å². The van der Waals surface area contributed by atoms with Crippen LogP contribution in [0.2, 0.25) is 5.28 Å². The van der Waals surface area contributed by atoms with Crippen LogP contribution in [0.3, 0.4) is 0 Å². The standard InChI is InChI=1S/C26H22ClN7O8S2/c1-2-9-29-25-32-24(27)33-26(34-25)30-12-7-8-15(17(10-12)43-42-41-37)31-16-11-18(44(38,39)40)21(28)20-19(16)22(35)13-5-3-4-6-14(13)23(20)36/h3-8,10-11,31,37H,2,9,28H2,1H3,(H,38,39,40)(H2,29,30,32,33,34). The van der Waals surface area contributed by atoms with Crippen LogP contribution in [0.15, 0.2) is 58.3 Å². The maximum absolute atomic E-state index is 13.6. The van der Waals surface area contributed by atoms with Crippen molar-refractivity contribution in [1.82, 2.24) is 15.0 Å². The van der Waals surface area contributed by atoms with Crippen LogP contribution in [0.4, 0.5) is 34.6 Å². The van der Waals surface area contributed by atoms with Gasteiger partial charge in [-0.1, -0.05) is 36.2 Å². The van der Waals surface area contributed by atoms with Gasteiger partial charge in [-0.3, -0.25) is 14.1 Å². The first kappa shape index (κ1) is 31.1. The Balaban J connectivity index is 1.58. The summed E-state index contributed by atoms with van der Waals surface area (Å²) in [6.07, 6.45) is 0.823. The summed E-state index contributed by atoms with van der Waals surface area (Å²) in [4.78, 5) is 38.9. The molecule has 0 aliphatic heterocycles. The Morgan fingerprint density at radius 2 is 1.64 bits per heavy atom. The number of fused-ring (bicyclic) bond motifs is 2. The maximum atomic E-state index is 13.6. The van der Waals surface area contributed by atoms with Gasteiger partial charge in [0.15, 0.2) is 11.6 Å². The fourth-order valence-electron chi connectivity index (χ4n) is 4.43. The molecule has 228 valence electrons. The zero-order chi connectivity index (χ0) is 31.6. The van der Waals surface area contributed by atoms with Gasteiger partial charge in [0.05, 0.1) is 45.1 Å². The minimum absolute atomic E-state index is 0.0294. The topological polar surface area (TPSA) is 228 Å². The second-order valence-corrected chi connectivity index (χ2v) is 11.6. The molecule has 1 aliphatic carbocycles. The maximum Gasteiger partial charge on any atom is 0.296 e. The van der Waals surface area contributed by atoms with Gasteiger partial charge < -0.3 is 21.7 Å². The number of benzene rings is 3. The van der Waals surface area contributed by atoms with Crippen molar-refractivity contribution in [2.45, 2.75) is 23.1 Å². The normalized spacial score (nSPS) is 12.5. The Kier molecular flexibility index (Phi) is 8.97. The number of hydrogen-bond donors (Lipinski definition) is 6. The zero-order valence-corrected chi connectivity index (χ0v) is 24.9. The van der Waals surface area contributed by atoms with Gasteiger partial charge in [-0.25, -0.2) is 5.26 Å². The number of nitrogens with two attached hydrogens (primary N) is 1. The molecule has 44 heavy (non-hydrogen) atoms. The van der Waals surface area contributed by atoms with Crippen LogP contribution >= 0.6 is 23.6 Å². The molecule has 15 nitrogen and oxygen atoms in total. The number of anilines is 6. The Morgan fingerprint density at radius 1 is 0.955 bits per heavy atom. The molecule has 7 N–H and O–H groups in total. The minimum Gasteiger partial charge on any atom is -0.397 e. The number of carbonyl (C=O) groups is 2. The summed E-state index contributed by atoms with van der Waals surface area (Å²) < 4.78 is 39.1. The SMILES string of the molecule is CCCNc1nc(Cl)nc(Nc2ccc(Nc3cc(S(=O)(=O)O)c(N)c4c3C(=O)c3ccccc3C4=O)c(SOOO)c2)n1. The molecule has 0 radical (unpaired) electrons. The fraction of sp³-hybridized carbons (Fsp3) is 0.115. The summed E-state index contributed by atoms with van der Waals surface area (Å²) in [5.74, 6) is -0.945. The zero-order valence-electron chi connectivity index (χ0n) is 22.5. The number of hydrogen-bond acceptors (Lipinski definition) is 15. The van der Waals surface area contributed by atoms with Gasteiger partial charge >= 0.3 is 0 Å². The number of carbonyl (C=O) groups excluding carboxylic acids is 2. The average Bonchev–Trinajstić information content (AvgIpc) is 2.98. The van der Waals surface area contributed by atoms with Crippen molar-refractivity contribution < 1.29 is 37.2 Å². The van der Waals surface area contributed by atoms with Crippen LogP contribution in [0.25, 0.3) is 0 Å². The van der Waals surface area contributed by atoms with Crippen molar-refractivity contribution in [3.8, 4) is 0 Å². The van der Waals surface area contributed by atoms with Crippen molar-refractivity contribution in [3.63, 3.8) is 0 Å². The molecule has 0 amide bonds. The molecule has 0 saturated carbocycles. The molecule has 1 aliphatic rings. The van der Waals surface area contributed by atoms with E-state index in [1.54, 1.807) is 18.2 Å². The van der Waals surface area contributed by atoms with Crippen molar-refractivity contribution >= 4 is 80.0 Å². The van der Waals surface area contributed by atoms with Crippen LogP contribution in [0, 0.1) is 0 Å². The summed E-state index contributed by atoms with van der Waals surface area (Å²) in [6, 6.07) is 11.5. The number of aromatic nitrogens is 3. The van der Waals surface area contributed by atoms with E-state index in [-0.39, 0.29) is 55.7 Å². The fourth-order valence-corrected chi connectivity index (χ4v) is 5.72. The number of nitrogens with one attached hydrogen (secondary N) is 3. The van der Waals surface area contributed by atoms with Crippen molar-refractivity contribution in [3.05, 3.63) is 76.1 Å². The average molecular weight is 660 g/mol. The third-order valence-electron chi connectivity index (χ3n) is 6.28. The predicted molar refractivity (Wildman–Crippen MR) is 161 cm³/mol. The van der Waals surface area contributed by atoms with E-state index in [0.29, 0.717) is 24.3 Å². The Morgan fingerprint density at radius 3 is 2.30 bits per heavy atom. The number of nitrogens with zero attached hydrogens (tertiary/aromatic N) is 3. The Labute approximate surface area is 259 Å². The molecule has 0 saturated heterocycles. The largest absolute Gasteiger partial charge is 0.397 e. The van der Waals surface area contributed by atoms with Crippen LogP contribution in [0.1, 0.15) is 45.2 Å². The van der Waals surface area contributed by atoms with Gasteiger partial charge in [0, 0.05) is 23.4 Å². The second kappa shape index (κ2) is 12.7. The molecule has 0 spiro atoms. The summed E-state index contributed by atoms with van der Waals surface area (Å²) >= 11 is 6.57. The van der Waals surface area contributed by atoms with Gasteiger partial charge in [0.2, 0.25) is 17.2 Å². The molecule has 3 aromatic carbocycles. The summed E-state index contributed by atoms with van der Waals surface area (Å²) in [5, 5.41) is 21.4. The second-order valence-electron chi connectivity index (χ2n) is 9.13. The monoisotopic (exact) mass is 659 g/mol. The summed E-state index contributed by atoms with van der Waals surface area (Å²) in [5.41, 5.74) is 5.45. The first-order valence-corrected chi connectivity index (χ1v) is 15.2. The first-order valence-electron chi connectivity index (χ1n) is 12.6. The Bertz CT molecular complexity index is 1910. The van der Waals surface area contributed by atoms with Gasteiger partial charge in [0.25, 0.3) is 10.1 Å². The van der Waals surface area contributed by atoms with E-state index in [1.165, 1.54) is 24.3 Å². The third-order valence-corrected chi connectivity index (χ3v) is 7.99. The van der Waals surface area contributed by atoms with Crippen LogP contribution in [-0.2, 0) is 19.5 Å². The van der Waals surface area contributed by atoms with Crippen LogP contribution in [-0.4, -0.2) is 51.3 Å². The van der Waals surface area contributed by atoms with Crippen molar-refractivity contribution in [2.24, 2.45) is 0 Å². The third kappa shape index (κ3) is 6.29. The van der Waals surface area contributed by atoms with Gasteiger partial charge in [-0.15, -0.1) is 4.33 Å². The van der Waals surface area contributed by atoms with E-state index in [0.717, 1.165) is 12.5 Å². The van der Waals surface area contributed by atoms with Gasteiger partial charge in [-0.2, -0.15) is 23.4 Å². The molecular weight excluding hydrogens is 638 g/mol. The van der Waals surface area contributed by atoms with E-state index < -0.39 is 32.3 Å². The lowest BCUT2D eigenvalue weighted by Gasteiger charge is -2.24. The van der Waals surface area contributed by atoms with Crippen LogP contribution in [0.5, 0.6) is 0 Å². The summed E-state index contributed by atoms with van der Waals surface area (Å²) in [6.45, 7) is 2.57. The molecule has 0 bridgehead atoms. The molecule has 1 aromatic heterocycles. The predicted octanol–water partition coefficient (Wildman–Crippen LogP) is 4.87. The van der Waals surface area contributed by atoms with E-state index in [9.17, 15) is 22.6 Å². The smallest absolute Gasteiger partial charge is 0.296 e. The number of ketones is 2. The van der Waals surface area contributed by atoms with E-state index in [4.69, 9.17) is 22.6 Å². The highest BCUT2D eigenvalue weighted by atomic mass is 35.5. The molecule has 0 fully saturated rings. The van der Waals surface area contributed by atoms with Crippen LogP contribution < -0.4 is 21.7 Å². The Hall–Kier alpha value is -4.36. The summed E-state index contributed by atoms with van der Waals surface area (Å²) in [7, 11) is -4.94. The molecule has 18 heteroatoms. The number of nitrogen functional groups attached to an aromatic ring is 1. The lowest BCUT2D eigenvalue weighted by atomic mass is 9.82. The molecule has 4 aromatic rings. The molecule has 5 rings (SSSR count). The van der Waals surface area contributed by atoms with E-state index >= 15 is 0 Å². The van der Waals surface area contributed by atoms with E-state index in [2.05, 4.69) is 40.3 Å². The number of rotatable bonds is 11. The molecule has 1 heterocycles. The number of halogens is 1. The molecule has 0 atom stereocenters. The quantitative estimate of drug-likeness (QED) is 0.0365. The lowest BCUT2D eigenvalue weighted by Crippen LogP contribution is -2.25. The highest BCUT2D eigenvalue weighted by Gasteiger charge is 2.36. The highest BCUT2D eigenvalue weighted by molar-refractivity contribution is 7.94. The highest BCUT2D eigenvalue weighted by Crippen LogP contribution is 2.42. The lowest BCUT2D eigenvalue weighted by molar-refractivity contribution is -0.432. The van der Waals surface area contributed by atoms with Crippen molar-refractivity contribution in [2.75, 3.05) is 28.2 Å². The minimum atomic E-state index is -4.94. The van der Waals surface area contributed by atoms with Crippen molar-refractivity contribution in [1.29, 1.82) is 0 Å². The van der Waals surface area contributed by atoms with Gasteiger partial charge in [0.1, 0.15) is 4.90 Å². The molecule has 0 unspecified atom stereocenters. The molecular formula is C26H22ClN7O8S2. The first-order chi connectivity index (χ1) is 21.0. The van der Waals surface area contributed by atoms with E-state index in [1.807, 2.05) is 6.92 Å².